The Balaban J connectivity index is 1.49. The summed E-state index contributed by atoms with van der Waals surface area (Å²) in [4.78, 5) is 19.5. The van der Waals surface area contributed by atoms with Gasteiger partial charge in [0.2, 0.25) is 0 Å². The molecule has 6 nitrogen and oxygen atoms in total. The summed E-state index contributed by atoms with van der Waals surface area (Å²) in [5, 5.41) is 3.07. The van der Waals surface area contributed by atoms with Crippen LogP contribution in [0.15, 0.2) is 60.8 Å². The summed E-state index contributed by atoms with van der Waals surface area (Å²) in [6.07, 6.45) is 3.81. The number of nitrogens with zero attached hydrogens (tertiary/aromatic N) is 3. The molecule has 1 aliphatic rings. The maximum atomic E-state index is 12.9. The summed E-state index contributed by atoms with van der Waals surface area (Å²) < 4.78 is 7.48. The average Bonchev–Trinajstić information content (AvgIpc) is 3.40. The molecule has 1 saturated heterocycles. The molecule has 1 unspecified atom stereocenters. The molecular weight excluding hydrogens is 376 g/mol. The number of methoxy groups -OCH3 is 1. The SMILES string of the molecule is COc1ccc(Cn2c(C)cnc2C2CCCN2C(=O)NCc2ccccc2)cc1. The molecule has 1 aliphatic heterocycles. The number of carbonyl (C=O) groups excluding carboxylic acids is 1. The highest BCUT2D eigenvalue weighted by molar-refractivity contribution is 5.75. The van der Waals surface area contributed by atoms with Gasteiger partial charge in [0.1, 0.15) is 11.6 Å². The Morgan fingerprint density at radius 3 is 2.63 bits per heavy atom. The van der Waals surface area contributed by atoms with E-state index in [0.29, 0.717) is 6.54 Å². The third-order valence-corrected chi connectivity index (χ3v) is 5.68. The van der Waals surface area contributed by atoms with Crippen molar-refractivity contribution in [2.75, 3.05) is 13.7 Å². The van der Waals surface area contributed by atoms with Gasteiger partial charge >= 0.3 is 6.03 Å². The minimum atomic E-state index is -0.0296. The van der Waals surface area contributed by atoms with Crippen molar-refractivity contribution < 1.29 is 9.53 Å². The van der Waals surface area contributed by atoms with E-state index in [-0.39, 0.29) is 12.1 Å². The molecule has 6 heteroatoms. The third kappa shape index (κ3) is 4.32. The van der Waals surface area contributed by atoms with Crippen molar-refractivity contribution in [1.82, 2.24) is 19.8 Å². The fourth-order valence-electron chi connectivity index (χ4n) is 4.02. The van der Waals surface area contributed by atoms with Gasteiger partial charge in [-0.05, 0) is 43.0 Å². The molecule has 2 heterocycles. The van der Waals surface area contributed by atoms with E-state index >= 15 is 0 Å². The van der Waals surface area contributed by atoms with Crippen LogP contribution in [0.25, 0.3) is 0 Å². The van der Waals surface area contributed by atoms with E-state index in [1.54, 1.807) is 7.11 Å². The zero-order valence-electron chi connectivity index (χ0n) is 17.5. The second kappa shape index (κ2) is 9.03. The van der Waals surface area contributed by atoms with Crippen molar-refractivity contribution in [2.45, 2.75) is 38.9 Å². The van der Waals surface area contributed by atoms with Gasteiger partial charge in [-0.2, -0.15) is 0 Å². The van der Waals surface area contributed by atoms with Crippen LogP contribution < -0.4 is 10.1 Å². The first-order chi connectivity index (χ1) is 14.7. The van der Waals surface area contributed by atoms with Gasteiger partial charge in [-0.25, -0.2) is 9.78 Å². The Kier molecular flexibility index (Phi) is 6.02. The Labute approximate surface area is 177 Å². The fourth-order valence-corrected chi connectivity index (χ4v) is 4.02. The molecule has 3 aromatic rings. The molecule has 0 aliphatic carbocycles. The average molecular weight is 405 g/mol. The van der Waals surface area contributed by atoms with Gasteiger partial charge in [0.05, 0.1) is 13.2 Å². The van der Waals surface area contributed by atoms with Crippen LogP contribution in [0, 0.1) is 6.92 Å². The lowest BCUT2D eigenvalue weighted by Gasteiger charge is -2.26. The monoisotopic (exact) mass is 404 g/mol. The van der Waals surface area contributed by atoms with Crippen LogP contribution in [0.5, 0.6) is 5.75 Å². The number of imidazole rings is 1. The molecule has 0 saturated carbocycles. The van der Waals surface area contributed by atoms with Crippen molar-refractivity contribution >= 4 is 6.03 Å². The first kappa shape index (κ1) is 20.0. The Hall–Kier alpha value is -3.28. The molecule has 30 heavy (non-hydrogen) atoms. The Morgan fingerprint density at radius 2 is 1.90 bits per heavy atom. The maximum Gasteiger partial charge on any atom is 0.318 e. The molecule has 1 atom stereocenters. The number of benzene rings is 2. The number of amides is 2. The zero-order valence-corrected chi connectivity index (χ0v) is 17.5. The van der Waals surface area contributed by atoms with Gasteiger partial charge in [-0.3, -0.25) is 0 Å². The van der Waals surface area contributed by atoms with Gasteiger partial charge < -0.3 is 19.5 Å². The van der Waals surface area contributed by atoms with Crippen LogP contribution in [0.1, 0.15) is 41.5 Å². The summed E-state index contributed by atoms with van der Waals surface area (Å²) >= 11 is 0. The molecular formula is C24H28N4O2. The first-order valence-corrected chi connectivity index (χ1v) is 10.4. The number of aryl methyl sites for hydroxylation is 1. The smallest absolute Gasteiger partial charge is 0.318 e. The van der Waals surface area contributed by atoms with Crippen molar-refractivity contribution in [1.29, 1.82) is 0 Å². The van der Waals surface area contributed by atoms with Crippen LogP contribution in [0.2, 0.25) is 0 Å². The normalized spacial score (nSPS) is 15.9. The number of rotatable bonds is 6. The largest absolute Gasteiger partial charge is 0.497 e. The molecule has 4 rings (SSSR count). The Bertz CT molecular complexity index is 982. The molecule has 0 spiro atoms. The molecule has 1 fully saturated rings. The van der Waals surface area contributed by atoms with E-state index in [4.69, 9.17) is 9.72 Å². The molecule has 0 radical (unpaired) electrons. The van der Waals surface area contributed by atoms with Crippen molar-refractivity contribution in [3.05, 3.63) is 83.4 Å². The van der Waals surface area contributed by atoms with Crippen LogP contribution in [-0.4, -0.2) is 34.1 Å². The molecule has 2 aromatic carbocycles. The van der Waals surface area contributed by atoms with E-state index < -0.39 is 0 Å². The predicted molar refractivity (Wildman–Crippen MR) is 116 cm³/mol. The molecule has 156 valence electrons. The zero-order chi connectivity index (χ0) is 20.9. The first-order valence-electron chi connectivity index (χ1n) is 10.4. The molecule has 0 bridgehead atoms. The number of ether oxygens (including phenoxy) is 1. The topological polar surface area (TPSA) is 59.4 Å². The minimum Gasteiger partial charge on any atom is -0.497 e. The summed E-state index contributed by atoms with van der Waals surface area (Å²) in [6.45, 7) is 4.07. The van der Waals surface area contributed by atoms with E-state index in [2.05, 4.69) is 28.9 Å². The lowest BCUT2D eigenvalue weighted by atomic mass is 10.1. The number of hydrogen-bond acceptors (Lipinski definition) is 3. The number of nitrogens with one attached hydrogen (secondary N) is 1. The van der Waals surface area contributed by atoms with Crippen LogP contribution >= 0.6 is 0 Å². The number of urea groups is 1. The maximum absolute atomic E-state index is 12.9. The summed E-state index contributed by atoms with van der Waals surface area (Å²) in [6, 6.07) is 18.0. The van der Waals surface area contributed by atoms with Crippen molar-refractivity contribution in [2.24, 2.45) is 0 Å². The molecule has 1 aromatic heterocycles. The summed E-state index contributed by atoms with van der Waals surface area (Å²) in [7, 11) is 1.67. The van der Waals surface area contributed by atoms with Gasteiger partial charge in [-0.15, -0.1) is 0 Å². The second-order valence-electron chi connectivity index (χ2n) is 7.69. The fraction of sp³-hybridized carbons (Fsp3) is 0.333. The van der Waals surface area contributed by atoms with E-state index in [1.165, 1.54) is 5.56 Å². The van der Waals surface area contributed by atoms with Crippen molar-refractivity contribution in [3.8, 4) is 5.75 Å². The van der Waals surface area contributed by atoms with Crippen molar-refractivity contribution in [3.63, 3.8) is 0 Å². The molecule has 2 amide bonds. The molecule has 1 N–H and O–H groups in total. The quantitative estimate of drug-likeness (QED) is 0.667. The lowest BCUT2D eigenvalue weighted by molar-refractivity contribution is 0.189. The highest BCUT2D eigenvalue weighted by Crippen LogP contribution is 2.32. The predicted octanol–water partition coefficient (Wildman–Crippen LogP) is 4.30. The second-order valence-corrected chi connectivity index (χ2v) is 7.69. The van der Waals surface area contributed by atoms with Gasteiger partial charge in [0, 0.05) is 31.5 Å². The number of likely N-dealkylation sites (tertiary alicyclic amines) is 1. The van der Waals surface area contributed by atoms with E-state index in [9.17, 15) is 4.79 Å². The summed E-state index contributed by atoms with van der Waals surface area (Å²) in [5.74, 6) is 1.80. The standard InChI is InChI=1S/C24H28N4O2/c1-18-15-25-23(28(18)17-20-10-12-21(30-2)13-11-20)22-9-6-14-27(22)24(29)26-16-19-7-4-3-5-8-19/h3-5,7-8,10-13,15,22H,6,9,14,16-17H2,1-2H3,(H,26,29). The number of carbonyl (C=O) groups is 1. The highest BCUT2D eigenvalue weighted by Gasteiger charge is 2.33. The minimum absolute atomic E-state index is 0.00674. The summed E-state index contributed by atoms with van der Waals surface area (Å²) in [5.41, 5.74) is 3.37. The van der Waals surface area contributed by atoms with E-state index in [1.807, 2.05) is 53.6 Å². The van der Waals surface area contributed by atoms with Crippen LogP contribution in [0.3, 0.4) is 0 Å². The number of aromatic nitrogens is 2. The van der Waals surface area contributed by atoms with E-state index in [0.717, 1.165) is 48.8 Å². The lowest BCUT2D eigenvalue weighted by Crippen LogP contribution is -2.39. The van der Waals surface area contributed by atoms with Gasteiger partial charge in [0.15, 0.2) is 0 Å². The van der Waals surface area contributed by atoms with Crippen LogP contribution in [-0.2, 0) is 13.1 Å². The number of hydrogen-bond donors (Lipinski definition) is 1. The van der Waals surface area contributed by atoms with Gasteiger partial charge in [0.25, 0.3) is 0 Å². The third-order valence-electron chi connectivity index (χ3n) is 5.68. The van der Waals surface area contributed by atoms with Crippen LogP contribution in [0.4, 0.5) is 4.79 Å². The highest BCUT2D eigenvalue weighted by atomic mass is 16.5. The van der Waals surface area contributed by atoms with Gasteiger partial charge in [-0.1, -0.05) is 42.5 Å². The Morgan fingerprint density at radius 1 is 1.13 bits per heavy atom.